The number of ether oxygens (including phenoxy) is 1. The topological polar surface area (TPSA) is 41.6 Å². The molecule has 24 heavy (non-hydrogen) atoms. The molecule has 1 N–H and O–H groups in total. The Bertz CT molecular complexity index is 722. The first kappa shape index (κ1) is 18.6. The van der Waals surface area contributed by atoms with E-state index in [2.05, 4.69) is 5.32 Å². The highest BCUT2D eigenvalue weighted by molar-refractivity contribution is 6.42. The Hall–Kier alpha value is -1.75. The number of methoxy groups -OCH3 is 1. The number of halogens is 2. The number of carbonyl (C=O) groups excluding carboxylic acids is 1. The van der Waals surface area contributed by atoms with Gasteiger partial charge >= 0.3 is 0 Å². The Labute approximate surface area is 152 Å². The van der Waals surface area contributed by atoms with Crippen LogP contribution in [0.25, 0.3) is 0 Å². The molecule has 1 amide bonds. The van der Waals surface area contributed by atoms with Crippen LogP contribution in [0.15, 0.2) is 42.5 Å². The second kappa shape index (κ2) is 8.38. The van der Waals surface area contributed by atoms with Gasteiger partial charge in [0.25, 0.3) is 0 Å². The molecule has 0 radical (unpaired) electrons. The number of nitrogens with one attached hydrogen (secondary N) is 1. The smallest absolute Gasteiger partial charge is 0.241 e. The van der Waals surface area contributed by atoms with E-state index in [1.54, 1.807) is 25.3 Å². The third kappa shape index (κ3) is 4.41. The molecule has 0 saturated heterocycles. The van der Waals surface area contributed by atoms with Crippen molar-refractivity contribution in [1.82, 2.24) is 4.90 Å². The summed E-state index contributed by atoms with van der Waals surface area (Å²) in [5.74, 6) is 0.499. The first-order valence-electron chi connectivity index (χ1n) is 7.51. The fourth-order valence-electron chi connectivity index (χ4n) is 2.26. The summed E-state index contributed by atoms with van der Waals surface area (Å²) in [6, 6.07) is 12.4. The molecule has 0 fully saturated rings. The third-order valence-electron chi connectivity index (χ3n) is 3.86. The molecular formula is C18H20Cl2N2O2. The van der Waals surface area contributed by atoms with E-state index in [1.165, 1.54) is 0 Å². The van der Waals surface area contributed by atoms with Crippen molar-refractivity contribution >= 4 is 34.8 Å². The molecule has 0 spiro atoms. The van der Waals surface area contributed by atoms with Gasteiger partial charge in [0.1, 0.15) is 5.75 Å². The molecule has 0 aliphatic carbocycles. The molecule has 0 aliphatic heterocycles. The van der Waals surface area contributed by atoms with E-state index in [4.69, 9.17) is 27.9 Å². The lowest BCUT2D eigenvalue weighted by molar-refractivity contribution is -0.120. The number of anilines is 1. The summed E-state index contributed by atoms with van der Waals surface area (Å²) < 4.78 is 5.25. The van der Waals surface area contributed by atoms with Gasteiger partial charge in [-0.05, 0) is 37.7 Å². The largest absolute Gasteiger partial charge is 0.495 e. The molecule has 2 aromatic carbocycles. The van der Waals surface area contributed by atoms with E-state index < -0.39 is 0 Å². The van der Waals surface area contributed by atoms with E-state index >= 15 is 0 Å². The van der Waals surface area contributed by atoms with E-state index in [0.717, 1.165) is 5.56 Å². The summed E-state index contributed by atoms with van der Waals surface area (Å²) >= 11 is 12.3. The molecule has 2 aromatic rings. The zero-order chi connectivity index (χ0) is 17.7. The summed E-state index contributed by atoms with van der Waals surface area (Å²) in [6.45, 7) is 2.35. The number of likely N-dealkylation sites (N-methyl/N-ethyl adjacent to an activating group) is 1. The van der Waals surface area contributed by atoms with E-state index in [1.807, 2.05) is 43.1 Å². The van der Waals surface area contributed by atoms with E-state index in [9.17, 15) is 4.79 Å². The van der Waals surface area contributed by atoms with E-state index in [-0.39, 0.29) is 11.9 Å². The van der Waals surface area contributed by atoms with Gasteiger partial charge in [0.05, 0.1) is 28.9 Å². The molecule has 0 saturated carbocycles. The highest BCUT2D eigenvalue weighted by Gasteiger charge is 2.20. The van der Waals surface area contributed by atoms with Gasteiger partial charge in [-0.2, -0.15) is 0 Å². The Morgan fingerprint density at radius 1 is 1.21 bits per heavy atom. The minimum Gasteiger partial charge on any atom is -0.495 e. The van der Waals surface area contributed by atoms with E-state index in [0.29, 0.717) is 28.0 Å². The molecule has 1 atom stereocenters. The van der Waals surface area contributed by atoms with Gasteiger partial charge in [-0.3, -0.25) is 9.69 Å². The van der Waals surface area contributed by atoms with Crippen molar-refractivity contribution in [3.8, 4) is 5.75 Å². The van der Waals surface area contributed by atoms with Crippen LogP contribution in [0.4, 0.5) is 5.69 Å². The fourth-order valence-corrected chi connectivity index (χ4v) is 2.64. The van der Waals surface area contributed by atoms with Gasteiger partial charge in [-0.25, -0.2) is 0 Å². The number of rotatable bonds is 6. The maximum absolute atomic E-state index is 12.5. The molecule has 4 nitrogen and oxygen atoms in total. The molecule has 0 heterocycles. The zero-order valence-electron chi connectivity index (χ0n) is 13.8. The SMILES string of the molecule is COc1ccccc1NC(=O)[C@@H](C)N(C)Cc1cccc(Cl)c1Cl. The molecule has 6 heteroatoms. The number of carbonyl (C=O) groups is 1. The second-order valence-electron chi connectivity index (χ2n) is 5.49. The van der Waals surface area contributed by atoms with Crippen LogP contribution in [0, 0.1) is 0 Å². The van der Waals surface area contributed by atoms with Crippen LogP contribution in [0.3, 0.4) is 0 Å². The summed E-state index contributed by atoms with van der Waals surface area (Å²) in [6.07, 6.45) is 0. The quantitative estimate of drug-likeness (QED) is 0.820. The van der Waals surface area contributed by atoms with Crippen LogP contribution in [-0.2, 0) is 11.3 Å². The summed E-state index contributed by atoms with van der Waals surface area (Å²) in [7, 11) is 3.44. The van der Waals surface area contributed by atoms with Gasteiger partial charge in [0, 0.05) is 6.54 Å². The lowest BCUT2D eigenvalue weighted by atomic mass is 10.1. The van der Waals surface area contributed by atoms with Crippen LogP contribution in [0.5, 0.6) is 5.75 Å². The average molecular weight is 367 g/mol. The van der Waals surface area contributed by atoms with Crippen molar-refractivity contribution in [1.29, 1.82) is 0 Å². The number of nitrogens with zero attached hydrogens (tertiary/aromatic N) is 1. The number of hydrogen-bond donors (Lipinski definition) is 1. The molecule has 0 aliphatic rings. The Balaban J connectivity index is 2.05. The van der Waals surface area contributed by atoms with Crippen LogP contribution in [0.1, 0.15) is 12.5 Å². The minimum absolute atomic E-state index is 0.125. The first-order valence-corrected chi connectivity index (χ1v) is 8.26. The monoisotopic (exact) mass is 366 g/mol. The Morgan fingerprint density at radius 2 is 1.92 bits per heavy atom. The van der Waals surface area contributed by atoms with Crippen molar-refractivity contribution in [3.63, 3.8) is 0 Å². The van der Waals surface area contributed by atoms with Crippen LogP contribution in [-0.4, -0.2) is 31.0 Å². The van der Waals surface area contributed by atoms with Crippen molar-refractivity contribution in [2.45, 2.75) is 19.5 Å². The normalized spacial score (nSPS) is 12.1. The predicted molar refractivity (Wildman–Crippen MR) is 99.0 cm³/mol. The van der Waals surface area contributed by atoms with Gasteiger partial charge in [0.2, 0.25) is 5.91 Å². The Morgan fingerprint density at radius 3 is 2.62 bits per heavy atom. The minimum atomic E-state index is -0.357. The lowest BCUT2D eigenvalue weighted by Gasteiger charge is -2.24. The number of benzene rings is 2. The van der Waals surface area contributed by atoms with Gasteiger partial charge in [-0.15, -0.1) is 0 Å². The van der Waals surface area contributed by atoms with Crippen LogP contribution >= 0.6 is 23.2 Å². The lowest BCUT2D eigenvalue weighted by Crippen LogP contribution is -2.39. The molecular weight excluding hydrogens is 347 g/mol. The summed E-state index contributed by atoms with van der Waals surface area (Å²) in [5.41, 5.74) is 1.52. The van der Waals surface area contributed by atoms with Gasteiger partial charge in [-0.1, -0.05) is 47.5 Å². The predicted octanol–water partition coefficient (Wildman–Crippen LogP) is 4.46. The molecule has 0 aromatic heterocycles. The summed E-state index contributed by atoms with van der Waals surface area (Å²) in [4.78, 5) is 14.4. The number of para-hydroxylation sites is 2. The Kier molecular flexibility index (Phi) is 6.49. The molecule has 128 valence electrons. The summed E-state index contributed by atoms with van der Waals surface area (Å²) in [5, 5.41) is 3.91. The molecule has 2 rings (SSSR count). The highest BCUT2D eigenvalue weighted by Crippen LogP contribution is 2.27. The first-order chi connectivity index (χ1) is 11.4. The van der Waals surface area contributed by atoms with Crippen molar-refractivity contribution in [3.05, 3.63) is 58.1 Å². The fraction of sp³-hybridized carbons (Fsp3) is 0.278. The van der Waals surface area contributed by atoms with Crippen LogP contribution < -0.4 is 10.1 Å². The van der Waals surface area contributed by atoms with Crippen molar-refractivity contribution < 1.29 is 9.53 Å². The van der Waals surface area contributed by atoms with Crippen molar-refractivity contribution in [2.75, 3.05) is 19.5 Å². The van der Waals surface area contributed by atoms with Crippen molar-refractivity contribution in [2.24, 2.45) is 0 Å². The van der Waals surface area contributed by atoms with Gasteiger partial charge < -0.3 is 10.1 Å². The zero-order valence-corrected chi connectivity index (χ0v) is 15.4. The number of hydrogen-bond acceptors (Lipinski definition) is 3. The maximum Gasteiger partial charge on any atom is 0.241 e. The second-order valence-corrected chi connectivity index (χ2v) is 6.28. The average Bonchev–Trinajstić information content (AvgIpc) is 2.58. The van der Waals surface area contributed by atoms with Gasteiger partial charge in [0.15, 0.2) is 0 Å². The van der Waals surface area contributed by atoms with Crippen LogP contribution in [0.2, 0.25) is 10.0 Å². The molecule has 0 unspecified atom stereocenters. The molecule has 0 bridgehead atoms. The third-order valence-corrected chi connectivity index (χ3v) is 4.71. The number of amides is 1. The maximum atomic E-state index is 12.5. The highest BCUT2D eigenvalue weighted by atomic mass is 35.5. The standard InChI is InChI=1S/C18H20Cl2N2O2/c1-12(18(23)21-15-9-4-5-10-16(15)24-3)22(2)11-13-7-6-8-14(19)17(13)20/h4-10,12H,11H2,1-3H3,(H,21,23)/t12-/m1/s1.